The highest BCUT2D eigenvalue weighted by Crippen LogP contribution is 2.46. The van der Waals surface area contributed by atoms with Crippen molar-refractivity contribution < 1.29 is 9.90 Å². The van der Waals surface area contributed by atoms with E-state index in [1.165, 1.54) is 29.6 Å². The number of carboxylic acids is 1. The van der Waals surface area contributed by atoms with Crippen molar-refractivity contribution in [1.29, 1.82) is 0 Å². The minimum absolute atomic E-state index is 0.112. The van der Waals surface area contributed by atoms with Crippen LogP contribution in [0.1, 0.15) is 48.8 Å². The predicted octanol–water partition coefficient (Wildman–Crippen LogP) is 2.73. The summed E-state index contributed by atoms with van der Waals surface area (Å²) in [5.41, 5.74) is 9.81. The first-order chi connectivity index (χ1) is 10.6. The Morgan fingerprint density at radius 1 is 1.41 bits per heavy atom. The fraction of sp³-hybridized carbons (Fsp3) is 0.471. The maximum Gasteiger partial charge on any atom is 0.303 e. The molecule has 0 radical (unpaired) electrons. The number of nitrogens with one attached hydrogen (secondary N) is 1. The highest BCUT2D eigenvalue weighted by Gasteiger charge is 2.33. The number of rotatable bonds is 4. The molecule has 0 aliphatic carbocycles. The molecular weight excluding hydrogens is 278 g/mol. The van der Waals surface area contributed by atoms with Crippen LogP contribution in [0.25, 0.3) is 10.9 Å². The molecule has 1 fully saturated rings. The average molecular weight is 299 g/mol. The van der Waals surface area contributed by atoms with E-state index in [1.807, 2.05) is 6.07 Å². The number of H-pyrrole nitrogens is 1. The highest BCUT2D eigenvalue weighted by molar-refractivity contribution is 5.91. The minimum Gasteiger partial charge on any atom is -0.481 e. The van der Waals surface area contributed by atoms with Crippen LogP contribution in [-0.4, -0.2) is 29.1 Å². The normalized spacial score (nSPS) is 18.7. The molecule has 3 aliphatic rings. The monoisotopic (exact) mass is 299 g/mol. The largest absolute Gasteiger partial charge is 0.481 e. The first-order valence-electron chi connectivity index (χ1n) is 8.01. The summed E-state index contributed by atoms with van der Waals surface area (Å²) in [4.78, 5) is 16.7. The van der Waals surface area contributed by atoms with Gasteiger partial charge in [0, 0.05) is 42.0 Å². The first kappa shape index (κ1) is 13.6. The van der Waals surface area contributed by atoms with Gasteiger partial charge in [-0.05, 0) is 42.9 Å². The van der Waals surface area contributed by atoms with Crippen molar-refractivity contribution in [3.05, 3.63) is 29.3 Å². The van der Waals surface area contributed by atoms with Crippen LogP contribution in [0.3, 0.4) is 0 Å². The summed E-state index contributed by atoms with van der Waals surface area (Å²) in [5.74, 6) is 1.15. The van der Waals surface area contributed by atoms with Gasteiger partial charge in [0.15, 0.2) is 0 Å². The fourth-order valence-corrected chi connectivity index (χ4v) is 3.95. The second kappa shape index (κ2) is 5.02. The van der Waals surface area contributed by atoms with Gasteiger partial charge in [-0.1, -0.05) is 6.07 Å². The van der Waals surface area contributed by atoms with Gasteiger partial charge in [0.05, 0.1) is 0 Å². The topological polar surface area (TPSA) is 82.4 Å². The molecule has 0 spiro atoms. The number of aromatic amines is 1. The standard InChI is InChI=1S/C17H21N3O2/c18-13(2-4-15(21)22)11-1-3-14-12(9-11)16-10-5-7-20(8-6-10)17(16)19-14/h1,3,9-10,13,19H,2,4-8,18H2,(H,21,22). The van der Waals surface area contributed by atoms with Crippen molar-refractivity contribution in [3.8, 4) is 0 Å². The maximum atomic E-state index is 10.7. The molecule has 1 saturated heterocycles. The number of carbonyl (C=O) groups is 1. The van der Waals surface area contributed by atoms with E-state index in [1.54, 1.807) is 0 Å². The molecule has 0 amide bonds. The van der Waals surface area contributed by atoms with E-state index < -0.39 is 5.97 Å². The molecule has 0 saturated carbocycles. The fourth-order valence-electron chi connectivity index (χ4n) is 3.95. The summed E-state index contributed by atoms with van der Waals surface area (Å²) in [6, 6.07) is 6.06. The number of hydrogen-bond acceptors (Lipinski definition) is 3. The van der Waals surface area contributed by atoms with Crippen molar-refractivity contribution in [1.82, 2.24) is 4.98 Å². The van der Waals surface area contributed by atoms with Crippen LogP contribution in [-0.2, 0) is 4.79 Å². The third-order valence-electron chi connectivity index (χ3n) is 5.16. The quantitative estimate of drug-likeness (QED) is 0.810. The van der Waals surface area contributed by atoms with E-state index in [4.69, 9.17) is 10.8 Å². The van der Waals surface area contributed by atoms with Gasteiger partial charge in [-0.3, -0.25) is 4.79 Å². The van der Waals surface area contributed by atoms with Crippen LogP contribution < -0.4 is 10.6 Å². The van der Waals surface area contributed by atoms with Crippen LogP contribution in [0, 0.1) is 0 Å². The smallest absolute Gasteiger partial charge is 0.303 e. The van der Waals surface area contributed by atoms with Crippen LogP contribution in [0.2, 0.25) is 0 Å². The number of nitrogens with zero attached hydrogens (tertiary/aromatic N) is 1. The third kappa shape index (κ3) is 2.08. The summed E-state index contributed by atoms with van der Waals surface area (Å²) in [5, 5.41) is 10.1. The number of aromatic nitrogens is 1. The number of nitrogens with two attached hydrogens (primary N) is 1. The molecule has 1 aromatic heterocycles. The Bertz CT molecular complexity index is 729. The van der Waals surface area contributed by atoms with Gasteiger partial charge in [-0.25, -0.2) is 0 Å². The Morgan fingerprint density at radius 3 is 2.91 bits per heavy atom. The number of carboxylic acid groups (broad SMARTS) is 1. The van der Waals surface area contributed by atoms with Crippen molar-refractivity contribution >= 4 is 22.7 Å². The average Bonchev–Trinajstić information content (AvgIpc) is 2.94. The molecule has 2 bridgehead atoms. The summed E-state index contributed by atoms with van der Waals surface area (Å²) in [7, 11) is 0. The zero-order valence-corrected chi connectivity index (χ0v) is 12.5. The van der Waals surface area contributed by atoms with Crippen molar-refractivity contribution in [2.75, 3.05) is 18.0 Å². The molecule has 1 aromatic carbocycles. The molecule has 2 aromatic rings. The molecular formula is C17H21N3O2. The van der Waals surface area contributed by atoms with Gasteiger partial charge >= 0.3 is 5.97 Å². The van der Waals surface area contributed by atoms with Crippen LogP contribution in [0.15, 0.2) is 18.2 Å². The van der Waals surface area contributed by atoms with Crippen molar-refractivity contribution in [2.45, 2.75) is 37.6 Å². The number of piperidine rings is 1. The molecule has 5 nitrogen and oxygen atoms in total. The van der Waals surface area contributed by atoms with Crippen molar-refractivity contribution in [2.24, 2.45) is 5.73 Å². The highest BCUT2D eigenvalue weighted by atomic mass is 16.4. The Morgan fingerprint density at radius 2 is 2.18 bits per heavy atom. The number of anilines is 1. The molecule has 4 N–H and O–H groups in total. The molecule has 3 aliphatic heterocycles. The number of hydrogen-bond donors (Lipinski definition) is 3. The Labute approximate surface area is 129 Å². The van der Waals surface area contributed by atoms with Crippen molar-refractivity contribution in [3.63, 3.8) is 0 Å². The second-order valence-electron chi connectivity index (χ2n) is 6.49. The summed E-state index contributed by atoms with van der Waals surface area (Å²) in [6.45, 7) is 2.30. The van der Waals surface area contributed by atoms with Gasteiger partial charge < -0.3 is 20.7 Å². The lowest BCUT2D eigenvalue weighted by molar-refractivity contribution is -0.137. The molecule has 1 unspecified atom stereocenters. The number of aliphatic carboxylic acids is 1. The van der Waals surface area contributed by atoms with Crippen LogP contribution in [0.5, 0.6) is 0 Å². The van der Waals surface area contributed by atoms with Crippen LogP contribution >= 0.6 is 0 Å². The summed E-state index contributed by atoms with van der Waals surface area (Å²) in [6.07, 6.45) is 3.05. The second-order valence-corrected chi connectivity index (χ2v) is 6.49. The molecule has 116 valence electrons. The van der Waals surface area contributed by atoms with Crippen LogP contribution in [0.4, 0.5) is 5.82 Å². The predicted molar refractivity (Wildman–Crippen MR) is 86.3 cm³/mol. The SMILES string of the molecule is NC(CCC(=O)O)c1ccc2[nH]c3c(c2c1)C1CCN3CC1. The first-order valence-corrected chi connectivity index (χ1v) is 8.01. The number of benzene rings is 1. The van der Waals surface area contributed by atoms with E-state index in [0.29, 0.717) is 12.3 Å². The summed E-state index contributed by atoms with van der Waals surface area (Å²) >= 11 is 0. The van der Waals surface area contributed by atoms with E-state index in [0.717, 1.165) is 24.2 Å². The number of fused-ring (bicyclic) bond motifs is 3. The zero-order valence-electron chi connectivity index (χ0n) is 12.5. The van der Waals surface area contributed by atoms with Gasteiger partial charge in [0.1, 0.15) is 5.82 Å². The lowest BCUT2D eigenvalue weighted by Gasteiger charge is -2.40. The van der Waals surface area contributed by atoms with E-state index in [-0.39, 0.29) is 12.5 Å². The van der Waals surface area contributed by atoms with E-state index in [9.17, 15) is 4.79 Å². The lowest BCUT2D eigenvalue weighted by atomic mass is 9.84. The van der Waals surface area contributed by atoms with Gasteiger partial charge in [0.25, 0.3) is 0 Å². The molecule has 1 atom stereocenters. The third-order valence-corrected chi connectivity index (χ3v) is 5.16. The molecule has 4 heterocycles. The molecule has 5 rings (SSSR count). The molecule has 22 heavy (non-hydrogen) atoms. The van der Waals surface area contributed by atoms with E-state index in [2.05, 4.69) is 22.0 Å². The summed E-state index contributed by atoms with van der Waals surface area (Å²) < 4.78 is 0. The Kier molecular flexibility index (Phi) is 3.11. The van der Waals surface area contributed by atoms with Gasteiger partial charge in [-0.2, -0.15) is 0 Å². The Balaban J connectivity index is 1.72. The zero-order chi connectivity index (χ0) is 15.3. The van der Waals surface area contributed by atoms with E-state index >= 15 is 0 Å². The molecule has 5 heteroatoms. The van der Waals surface area contributed by atoms with Gasteiger partial charge in [0.2, 0.25) is 0 Å². The lowest BCUT2D eigenvalue weighted by Crippen LogP contribution is -2.38. The Hall–Kier alpha value is -2.01. The maximum absolute atomic E-state index is 10.7. The minimum atomic E-state index is -0.791. The van der Waals surface area contributed by atoms with Gasteiger partial charge in [-0.15, -0.1) is 0 Å².